The van der Waals surface area contributed by atoms with Crippen molar-refractivity contribution in [3.05, 3.63) is 48.0 Å². The summed E-state index contributed by atoms with van der Waals surface area (Å²) in [6.07, 6.45) is 4.03. The fourth-order valence-electron chi connectivity index (χ4n) is 2.66. The smallest absolute Gasteiger partial charge is 0.355 e. The van der Waals surface area contributed by atoms with Gasteiger partial charge in [-0.25, -0.2) is 9.59 Å². The molecule has 0 amide bonds. The molecule has 0 atom stereocenters. The molecular weight excluding hydrogens is 364 g/mol. The van der Waals surface area contributed by atoms with E-state index < -0.39 is 17.5 Å². The average Bonchev–Trinajstić information content (AvgIpc) is 3.25. The Kier molecular flexibility index (Phi) is 6.56. The van der Waals surface area contributed by atoms with Gasteiger partial charge < -0.3 is 9.84 Å². The number of aromatic carboxylic acids is 1. The molecule has 8 nitrogen and oxygen atoms in total. The highest BCUT2D eigenvalue weighted by Crippen LogP contribution is 2.14. The van der Waals surface area contributed by atoms with E-state index in [0.29, 0.717) is 12.8 Å². The van der Waals surface area contributed by atoms with Crippen LogP contribution < -0.4 is 0 Å². The third-order valence-electron chi connectivity index (χ3n) is 3.89. The first-order valence-electron chi connectivity index (χ1n) is 8.98. The largest absolute Gasteiger partial charge is 0.477 e. The summed E-state index contributed by atoms with van der Waals surface area (Å²) in [5.41, 5.74) is -0.590. The zero-order chi connectivity index (χ0) is 20.9. The van der Waals surface area contributed by atoms with Crippen LogP contribution in [0.1, 0.15) is 77.0 Å². The molecule has 2 rings (SSSR count). The lowest BCUT2D eigenvalue weighted by Crippen LogP contribution is -2.26. The van der Waals surface area contributed by atoms with Gasteiger partial charge in [0.15, 0.2) is 0 Å². The Morgan fingerprint density at radius 2 is 1.36 bits per heavy atom. The normalized spacial score (nSPS) is 11.2. The summed E-state index contributed by atoms with van der Waals surface area (Å²) in [5.74, 6) is -2.36. The molecule has 0 aliphatic carbocycles. The molecule has 1 N–H and O–H groups in total. The lowest BCUT2D eigenvalue weighted by Gasteiger charge is -2.19. The first kappa shape index (κ1) is 21.1. The minimum atomic E-state index is -1.17. The van der Waals surface area contributed by atoms with E-state index in [9.17, 15) is 19.2 Å². The summed E-state index contributed by atoms with van der Waals surface area (Å²) in [7, 11) is 0. The van der Waals surface area contributed by atoms with Crippen LogP contribution in [-0.4, -0.2) is 43.6 Å². The van der Waals surface area contributed by atoms with Crippen LogP contribution >= 0.6 is 0 Å². The van der Waals surface area contributed by atoms with Gasteiger partial charge in [0, 0.05) is 25.2 Å². The fraction of sp³-hybridized carbons (Fsp3) is 0.400. The molecule has 0 aliphatic heterocycles. The Balaban J connectivity index is 1.88. The molecule has 0 saturated heterocycles. The maximum absolute atomic E-state index is 12.4. The standard InChI is InChI=1S/C20H24N2O6/c1-20(2,3)28-19(27)15-9-7-13-22(15)17(24)11-5-4-10-16(23)21-12-6-8-14(21)18(25)26/h6-9,12-13H,4-5,10-11H2,1-3H3,(H,25,26). The van der Waals surface area contributed by atoms with Gasteiger partial charge in [-0.05, 0) is 57.9 Å². The van der Waals surface area contributed by atoms with Gasteiger partial charge in [-0.15, -0.1) is 0 Å². The van der Waals surface area contributed by atoms with Gasteiger partial charge in [-0.1, -0.05) is 0 Å². The van der Waals surface area contributed by atoms with E-state index in [2.05, 4.69) is 0 Å². The molecule has 0 aromatic carbocycles. The predicted octanol–water partition coefficient (Wildman–Crippen LogP) is 3.48. The topological polar surface area (TPSA) is 108 Å². The highest BCUT2D eigenvalue weighted by Gasteiger charge is 2.22. The minimum Gasteiger partial charge on any atom is -0.477 e. The van der Waals surface area contributed by atoms with Crippen LogP contribution in [0, 0.1) is 0 Å². The Labute approximate surface area is 162 Å². The number of aromatic nitrogens is 2. The van der Waals surface area contributed by atoms with E-state index in [1.165, 1.54) is 35.2 Å². The van der Waals surface area contributed by atoms with E-state index in [1.54, 1.807) is 26.8 Å². The lowest BCUT2D eigenvalue weighted by molar-refractivity contribution is 0.00566. The highest BCUT2D eigenvalue weighted by atomic mass is 16.6. The summed E-state index contributed by atoms with van der Waals surface area (Å²) in [6, 6.07) is 5.97. The van der Waals surface area contributed by atoms with Crippen molar-refractivity contribution in [2.45, 2.75) is 52.1 Å². The second-order valence-electron chi connectivity index (χ2n) is 7.33. The number of hydrogen-bond donors (Lipinski definition) is 1. The SMILES string of the molecule is CC(C)(C)OC(=O)c1cccn1C(=O)CCCCC(=O)n1cccc1C(=O)O. The van der Waals surface area contributed by atoms with Crippen LogP contribution in [0.4, 0.5) is 0 Å². The van der Waals surface area contributed by atoms with Gasteiger partial charge in [-0.2, -0.15) is 0 Å². The lowest BCUT2D eigenvalue weighted by atomic mass is 10.1. The van der Waals surface area contributed by atoms with Crippen LogP contribution in [0.15, 0.2) is 36.7 Å². The van der Waals surface area contributed by atoms with Crippen molar-refractivity contribution >= 4 is 23.8 Å². The molecule has 0 bridgehead atoms. The van der Waals surface area contributed by atoms with Crippen molar-refractivity contribution in [2.24, 2.45) is 0 Å². The van der Waals surface area contributed by atoms with Gasteiger partial charge in [-0.3, -0.25) is 18.7 Å². The molecule has 150 valence electrons. The number of nitrogens with zero attached hydrogens (tertiary/aromatic N) is 2. The number of carbonyl (C=O) groups excluding carboxylic acids is 3. The fourth-order valence-corrected chi connectivity index (χ4v) is 2.66. The molecule has 0 fully saturated rings. The van der Waals surface area contributed by atoms with Crippen molar-refractivity contribution in [2.75, 3.05) is 0 Å². The van der Waals surface area contributed by atoms with E-state index in [0.717, 1.165) is 4.57 Å². The Hall–Kier alpha value is -3.16. The Morgan fingerprint density at radius 1 is 0.893 bits per heavy atom. The summed E-state index contributed by atoms with van der Waals surface area (Å²) in [5, 5.41) is 9.04. The van der Waals surface area contributed by atoms with Crippen molar-refractivity contribution in [3.63, 3.8) is 0 Å². The number of rotatable bonds is 7. The molecule has 2 aromatic heterocycles. The van der Waals surface area contributed by atoms with E-state index >= 15 is 0 Å². The second kappa shape index (κ2) is 8.69. The number of unbranched alkanes of at least 4 members (excludes halogenated alkanes) is 1. The van der Waals surface area contributed by atoms with E-state index in [4.69, 9.17) is 9.84 Å². The second-order valence-corrected chi connectivity index (χ2v) is 7.33. The van der Waals surface area contributed by atoms with Gasteiger partial charge in [0.25, 0.3) is 0 Å². The van der Waals surface area contributed by atoms with E-state index in [1.807, 2.05) is 0 Å². The summed E-state index contributed by atoms with van der Waals surface area (Å²) >= 11 is 0. The summed E-state index contributed by atoms with van der Waals surface area (Å²) < 4.78 is 7.64. The maximum atomic E-state index is 12.4. The monoisotopic (exact) mass is 388 g/mol. The van der Waals surface area contributed by atoms with E-state index in [-0.39, 0.29) is 36.0 Å². The van der Waals surface area contributed by atoms with Gasteiger partial charge in [0.05, 0.1) is 0 Å². The van der Waals surface area contributed by atoms with Crippen LogP contribution in [0.5, 0.6) is 0 Å². The van der Waals surface area contributed by atoms with Gasteiger partial charge >= 0.3 is 11.9 Å². The number of carboxylic acid groups (broad SMARTS) is 1. The van der Waals surface area contributed by atoms with Crippen molar-refractivity contribution in [1.29, 1.82) is 0 Å². The molecule has 28 heavy (non-hydrogen) atoms. The molecule has 0 radical (unpaired) electrons. The van der Waals surface area contributed by atoms with Gasteiger partial charge in [0.2, 0.25) is 11.8 Å². The minimum absolute atomic E-state index is 0.0876. The molecule has 2 heterocycles. The molecule has 0 spiro atoms. The number of carboxylic acids is 1. The maximum Gasteiger partial charge on any atom is 0.355 e. The first-order chi connectivity index (χ1) is 13.1. The summed E-state index contributed by atoms with van der Waals surface area (Å²) in [4.78, 5) is 47.8. The quantitative estimate of drug-likeness (QED) is 0.575. The third kappa shape index (κ3) is 5.42. The zero-order valence-electron chi connectivity index (χ0n) is 16.2. The number of esters is 1. The van der Waals surface area contributed by atoms with Crippen LogP contribution in [0.2, 0.25) is 0 Å². The van der Waals surface area contributed by atoms with Crippen LogP contribution in [-0.2, 0) is 4.74 Å². The predicted molar refractivity (Wildman–Crippen MR) is 101 cm³/mol. The van der Waals surface area contributed by atoms with Crippen molar-refractivity contribution in [1.82, 2.24) is 9.13 Å². The van der Waals surface area contributed by atoms with Crippen molar-refractivity contribution in [3.8, 4) is 0 Å². The highest BCUT2D eigenvalue weighted by molar-refractivity contribution is 5.94. The molecule has 0 unspecified atom stereocenters. The first-order valence-corrected chi connectivity index (χ1v) is 8.98. The zero-order valence-corrected chi connectivity index (χ0v) is 16.2. The third-order valence-corrected chi connectivity index (χ3v) is 3.89. The number of ether oxygens (including phenoxy) is 1. The molecule has 2 aromatic rings. The average molecular weight is 388 g/mol. The molecule has 0 saturated carbocycles. The molecule has 0 aliphatic rings. The van der Waals surface area contributed by atoms with Crippen LogP contribution in [0.25, 0.3) is 0 Å². The molecule has 8 heteroatoms. The van der Waals surface area contributed by atoms with Gasteiger partial charge in [0.1, 0.15) is 17.0 Å². The van der Waals surface area contributed by atoms with Crippen molar-refractivity contribution < 1.29 is 29.0 Å². The number of hydrogen-bond acceptors (Lipinski definition) is 5. The van der Waals surface area contributed by atoms with Crippen LogP contribution in [0.3, 0.4) is 0 Å². The Morgan fingerprint density at radius 3 is 1.82 bits per heavy atom. The Bertz CT molecular complexity index is 885. The molecular formula is C20H24N2O6. The summed E-state index contributed by atoms with van der Waals surface area (Å²) in [6.45, 7) is 5.24. The number of carbonyl (C=O) groups is 4.